The number of hydrogen-bond donors (Lipinski definition) is 1. The van der Waals surface area contributed by atoms with E-state index in [1.165, 1.54) is 0 Å². The molecule has 2 unspecified atom stereocenters. The van der Waals surface area contributed by atoms with Crippen LogP contribution in [0, 0.1) is 0 Å². The molecule has 16 heavy (non-hydrogen) atoms. The number of rotatable bonds is 5. The molecule has 1 aliphatic heterocycles. The third kappa shape index (κ3) is 2.42. The van der Waals surface area contributed by atoms with E-state index in [1.54, 1.807) is 7.11 Å². The molecule has 0 spiro atoms. The van der Waals surface area contributed by atoms with Gasteiger partial charge in [-0.3, -0.25) is 4.90 Å². The first-order valence-corrected chi connectivity index (χ1v) is 5.78. The lowest BCUT2D eigenvalue weighted by Gasteiger charge is -2.17. The Kier molecular flexibility index (Phi) is 3.93. The Morgan fingerprint density at radius 2 is 2.38 bits per heavy atom. The standard InChI is InChI=1S/C11H20N4O/c1-16-11-8-14(5-2-3-12)7-10(11)15-6-4-13-9-15/h4,6,9-11H,2-3,5,7-8,12H2,1H3. The van der Waals surface area contributed by atoms with E-state index in [2.05, 4.69) is 14.5 Å². The highest BCUT2D eigenvalue weighted by Crippen LogP contribution is 2.24. The first kappa shape index (κ1) is 11.6. The van der Waals surface area contributed by atoms with Gasteiger partial charge in [0.15, 0.2) is 0 Å². The topological polar surface area (TPSA) is 56.3 Å². The van der Waals surface area contributed by atoms with Crippen molar-refractivity contribution in [2.45, 2.75) is 18.6 Å². The van der Waals surface area contributed by atoms with Gasteiger partial charge < -0.3 is 15.0 Å². The molecule has 1 saturated heterocycles. The Morgan fingerprint density at radius 3 is 3.00 bits per heavy atom. The number of aromatic nitrogens is 2. The summed E-state index contributed by atoms with van der Waals surface area (Å²) in [6.45, 7) is 3.82. The van der Waals surface area contributed by atoms with Gasteiger partial charge in [0.2, 0.25) is 0 Å². The fraction of sp³-hybridized carbons (Fsp3) is 0.727. The highest BCUT2D eigenvalue weighted by atomic mass is 16.5. The molecule has 5 heteroatoms. The highest BCUT2D eigenvalue weighted by Gasteiger charge is 2.33. The minimum atomic E-state index is 0.256. The highest BCUT2D eigenvalue weighted by molar-refractivity contribution is 4.92. The van der Waals surface area contributed by atoms with E-state index in [-0.39, 0.29) is 6.10 Å². The summed E-state index contributed by atoms with van der Waals surface area (Å²) < 4.78 is 7.67. The molecule has 0 radical (unpaired) electrons. The zero-order valence-electron chi connectivity index (χ0n) is 9.75. The summed E-state index contributed by atoms with van der Waals surface area (Å²) in [7, 11) is 1.78. The van der Waals surface area contributed by atoms with Gasteiger partial charge in [-0.05, 0) is 19.5 Å². The largest absolute Gasteiger partial charge is 0.378 e. The maximum Gasteiger partial charge on any atom is 0.0949 e. The van der Waals surface area contributed by atoms with Gasteiger partial charge >= 0.3 is 0 Å². The van der Waals surface area contributed by atoms with Crippen molar-refractivity contribution in [1.82, 2.24) is 14.5 Å². The van der Waals surface area contributed by atoms with Crippen LogP contribution in [0.25, 0.3) is 0 Å². The average Bonchev–Trinajstić information content (AvgIpc) is 2.94. The summed E-state index contributed by atoms with van der Waals surface area (Å²) in [6, 6.07) is 0.380. The van der Waals surface area contributed by atoms with Gasteiger partial charge in [-0.15, -0.1) is 0 Å². The van der Waals surface area contributed by atoms with Crippen LogP contribution in [0.5, 0.6) is 0 Å². The lowest BCUT2D eigenvalue weighted by molar-refractivity contribution is 0.0815. The van der Waals surface area contributed by atoms with Crippen LogP contribution in [-0.4, -0.2) is 53.8 Å². The number of methoxy groups -OCH3 is 1. The molecule has 0 saturated carbocycles. The Labute approximate surface area is 96.2 Å². The van der Waals surface area contributed by atoms with Crippen molar-refractivity contribution in [1.29, 1.82) is 0 Å². The van der Waals surface area contributed by atoms with Crippen molar-refractivity contribution >= 4 is 0 Å². The number of ether oxygens (including phenoxy) is 1. The Bertz CT molecular complexity index is 301. The van der Waals surface area contributed by atoms with Crippen molar-refractivity contribution in [3.8, 4) is 0 Å². The minimum Gasteiger partial charge on any atom is -0.378 e. The zero-order chi connectivity index (χ0) is 11.4. The van der Waals surface area contributed by atoms with Gasteiger partial charge in [0.25, 0.3) is 0 Å². The molecule has 90 valence electrons. The number of likely N-dealkylation sites (tertiary alicyclic amines) is 1. The fourth-order valence-electron chi connectivity index (χ4n) is 2.31. The smallest absolute Gasteiger partial charge is 0.0949 e. The predicted molar refractivity (Wildman–Crippen MR) is 62.2 cm³/mol. The molecule has 0 aromatic carbocycles. The zero-order valence-corrected chi connectivity index (χ0v) is 9.75. The predicted octanol–water partition coefficient (Wildman–Crippen LogP) is 0.104. The van der Waals surface area contributed by atoms with Crippen LogP contribution < -0.4 is 5.73 Å². The van der Waals surface area contributed by atoms with Crippen molar-refractivity contribution in [3.63, 3.8) is 0 Å². The van der Waals surface area contributed by atoms with Crippen LogP contribution in [0.4, 0.5) is 0 Å². The second-order valence-corrected chi connectivity index (χ2v) is 4.25. The van der Waals surface area contributed by atoms with Crippen LogP contribution in [0.3, 0.4) is 0 Å². The molecule has 0 aliphatic carbocycles. The van der Waals surface area contributed by atoms with Crippen LogP contribution in [-0.2, 0) is 4.74 Å². The van der Waals surface area contributed by atoms with E-state index in [0.29, 0.717) is 6.04 Å². The maximum absolute atomic E-state index is 5.54. The summed E-state index contributed by atoms with van der Waals surface area (Å²) >= 11 is 0. The van der Waals surface area contributed by atoms with E-state index in [0.717, 1.165) is 32.6 Å². The van der Waals surface area contributed by atoms with E-state index in [1.807, 2.05) is 18.7 Å². The third-order valence-electron chi connectivity index (χ3n) is 3.20. The van der Waals surface area contributed by atoms with Crippen molar-refractivity contribution in [2.24, 2.45) is 5.73 Å². The molecular weight excluding hydrogens is 204 g/mol. The monoisotopic (exact) mass is 224 g/mol. The summed E-state index contributed by atoms with van der Waals surface area (Å²) in [4.78, 5) is 6.50. The molecular formula is C11H20N4O. The average molecular weight is 224 g/mol. The number of nitrogens with zero attached hydrogens (tertiary/aromatic N) is 3. The molecule has 2 heterocycles. The Balaban J connectivity index is 1.97. The van der Waals surface area contributed by atoms with E-state index < -0.39 is 0 Å². The summed E-state index contributed by atoms with van der Waals surface area (Å²) in [5, 5.41) is 0. The van der Waals surface area contributed by atoms with Crippen molar-refractivity contribution < 1.29 is 4.74 Å². The summed E-state index contributed by atoms with van der Waals surface area (Å²) in [5.74, 6) is 0. The summed E-state index contributed by atoms with van der Waals surface area (Å²) in [5.41, 5.74) is 5.53. The second-order valence-electron chi connectivity index (χ2n) is 4.25. The van der Waals surface area contributed by atoms with Gasteiger partial charge in [0.1, 0.15) is 0 Å². The lowest BCUT2D eigenvalue weighted by Crippen LogP contribution is -2.25. The fourth-order valence-corrected chi connectivity index (χ4v) is 2.31. The first-order chi connectivity index (χ1) is 7.85. The molecule has 2 rings (SSSR count). The molecule has 0 bridgehead atoms. The maximum atomic E-state index is 5.54. The molecule has 2 N–H and O–H groups in total. The lowest BCUT2D eigenvalue weighted by atomic mass is 10.2. The normalized spacial score (nSPS) is 26.4. The Hall–Kier alpha value is -0.910. The van der Waals surface area contributed by atoms with Crippen molar-refractivity contribution in [2.75, 3.05) is 33.3 Å². The molecule has 1 aromatic heterocycles. The summed E-state index contributed by atoms with van der Waals surface area (Å²) in [6.07, 6.45) is 6.99. The van der Waals surface area contributed by atoms with Gasteiger partial charge in [0.05, 0.1) is 18.5 Å². The molecule has 1 aliphatic rings. The number of imidazole rings is 1. The third-order valence-corrected chi connectivity index (χ3v) is 3.20. The SMILES string of the molecule is COC1CN(CCCN)CC1n1ccnc1. The Morgan fingerprint density at radius 1 is 1.50 bits per heavy atom. The van der Waals surface area contributed by atoms with Gasteiger partial charge in [0, 0.05) is 32.6 Å². The quantitative estimate of drug-likeness (QED) is 0.771. The molecule has 1 aromatic rings. The molecule has 2 atom stereocenters. The van der Waals surface area contributed by atoms with Crippen LogP contribution in [0.2, 0.25) is 0 Å². The van der Waals surface area contributed by atoms with E-state index in [4.69, 9.17) is 10.5 Å². The molecule has 5 nitrogen and oxygen atoms in total. The van der Waals surface area contributed by atoms with E-state index in [9.17, 15) is 0 Å². The van der Waals surface area contributed by atoms with Gasteiger partial charge in [-0.25, -0.2) is 4.98 Å². The van der Waals surface area contributed by atoms with Crippen LogP contribution in [0.1, 0.15) is 12.5 Å². The number of nitrogens with two attached hydrogens (primary N) is 1. The number of hydrogen-bond acceptors (Lipinski definition) is 4. The van der Waals surface area contributed by atoms with Gasteiger partial charge in [-0.2, -0.15) is 0 Å². The molecule has 1 fully saturated rings. The van der Waals surface area contributed by atoms with Gasteiger partial charge in [-0.1, -0.05) is 0 Å². The second kappa shape index (κ2) is 5.43. The molecule has 0 amide bonds. The van der Waals surface area contributed by atoms with Crippen molar-refractivity contribution in [3.05, 3.63) is 18.7 Å². The van der Waals surface area contributed by atoms with E-state index >= 15 is 0 Å². The first-order valence-electron chi connectivity index (χ1n) is 5.78. The van der Waals surface area contributed by atoms with Crippen LogP contribution >= 0.6 is 0 Å². The minimum absolute atomic E-state index is 0.256. The van der Waals surface area contributed by atoms with Crippen LogP contribution in [0.15, 0.2) is 18.7 Å².